The summed E-state index contributed by atoms with van der Waals surface area (Å²) in [5, 5.41) is 0.717. The summed E-state index contributed by atoms with van der Waals surface area (Å²) in [6.07, 6.45) is 0. The van der Waals surface area contributed by atoms with Crippen molar-refractivity contribution >= 4 is 17.3 Å². The van der Waals surface area contributed by atoms with Crippen LogP contribution in [-0.4, -0.2) is 0 Å². The van der Waals surface area contributed by atoms with Crippen LogP contribution in [0.4, 0.5) is 5.69 Å². The van der Waals surface area contributed by atoms with Crippen molar-refractivity contribution in [2.24, 2.45) is 0 Å². The lowest BCUT2D eigenvalue weighted by molar-refractivity contribution is 0.304. The number of ether oxygens (including phenoxy) is 1. The van der Waals surface area contributed by atoms with E-state index in [-0.39, 0.29) is 0 Å². The molecule has 0 aliphatic heterocycles. The van der Waals surface area contributed by atoms with Gasteiger partial charge in [-0.25, -0.2) is 0 Å². The van der Waals surface area contributed by atoms with Crippen molar-refractivity contribution in [2.75, 3.05) is 5.73 Å². The standard InChI is InChI=1S/C14H14ClNO/c1-10-6-7-12(16)8-14(10)17-9-11-4-2-3-5-13(11)15/h2-8H,9,16H2,1H3. The minimum absolute atomic E-state index is 0.448. The molecule has 0 saturated heterocycles. The van der Waals surface area contributed by atoms with Crippen LogP contribution in [0, 0.1) is 6.92 Å². The number of hydrogen-bond donors (Lipinski definition) is 1. The first-order valence-corrected chi connectivity index (χ1v) is 5.77. The van der Waals surface area contributed by atoms with Crippen LogP contribution in [0.25, 0.3) is 0 Å². The van der Waals surface area contributed by atoms with Crippen LogP contribution in [0.5, 0.6) is 5.75 Å². The summed E-state index contributed by atoms with van der Waals surface area (Å²) in [5.41, 5.74) is 8.45. The van der Waals surface area contributed by atoms with Crippen molar-refractivity contribution in [1.29, 1.82) is 0 Å². The van der Waals surface area contributed by atoms with Gasteiger partial charge in [-0.1, -0.05) is 35.9 Å². The van der Waals surface area contributed by atoms with E-state index in [9.17, 15) is 0 Å². The lowest BCUT2D eigenvalue weighted by Crippen LogP contribution is -1.98. The number of anilines is 1. The molecule has 0 amide bonds. The molecular formula is C14H14ClNO. The molecule has 0 aliphatic carbocycles. The van der Waals surface area contributed by atoms with Crippen molar-refractivity contribution in [3.8, 4) is 5.75 Å². The zero-order valence-corrected chi connectivity index (χ0v) is 10.4. The maximum atomic E-state index is 6.06. The quantitative estimate of drug-likeness (QED) is 0.837. The van der Waals surface area contributed by atoms with E-state index in [0.29, 0.717) is 17.3 Å². The van der Waals surface area contributed by atoms with Gasteiger partial charge in [0.15, 0.2) is 0 Å². The van der Waals surface area contributed by atoms with Crippen LogP contribution in [-0.2, 0) is 6.61 Å². The molecule has 0 aliphatic rings. The molecule has 0 saturated carbocycles. The first-order chi connectivity index (χ1) is 8.16. The molecule has 2 N–H and O–H groups in total. The highest BCUT2D eigenvalue weighted by Crippen LogP contribution is 2.23. The number of rotatable bonds is 3. The van der Waals surface area contributed by atoms with Crippen LogP contribution in [0.3, 0.4) is 0 Å². The Balaban J connectivity index is 2.12. The van der Waals surface area contributed by atoms with Gasteiger partial charge < -0.3 is 10.5 Å². The summed E-state index contributed by atoms with van der Waals surface area (Å²) in [6.45, 7) is 2.44. The second-order valence-corrected chi connectivity index (χ2v) is 4.31. The Bertz CT molecular complexity index is 525. The molecule has 0 atom stereocenters. The van der Waals surface area contributed by atoms with E-state index in [2.05, 4.69) is 0 Å². The maximum Gasteiger partial charge on any atom is 0.124 e. The fourth-order valence-corrected chi connectivity index (χ4v) is 1.73. The Hall–Kier alpha value is -1.67. The molecule has 0 bridgehead atoms. The summed E-state index contributed by atoms with van der Waals surface area (Å²) in [6, 6.07) is 13.3. The van der Waals surface area contributed by atoms with Crippen molar-refractivity contribution in [1.82, 2.24) is 0 Å². The lowest BCUT2D eigenvalue weighted by Gasteiger charge is -2.10. The Morgan fingerprint density at radius 3 is 2.71 bits per heavy atom. The lowest BCUT2D eigenvalue weighted by atomic mass is 10.2. The van der Waals surface area contributed by atoms with E-state index in [1.165, 1.54) is 0 Å². The maximum absolute atomic E-state index is 6.06. The molecule has 2 aromatic rings. The number of halogens is 1. The Labute approximate surface area is 106 Å². The Morgan fingerprint density at radius 1 is 1.18 bits per heavy atom. The molecule has 17 heavy (non-hydrogen) atoms. The molecule has 0 radical (unpaired) electrons. The van der Waals surface area contributed by atoms with E-state index in [1.807, 2.05) is 49.4 Å². The largest absolute Gasteiger partial charge is 0.489 e. The average molecular weight is 248 g/mol. The number of nitrogen functional groups attached to an aromatic ring is 1. The summed E-state index contributed by atoms with van der Waals surface area (Å²) < 4.78 is 5.72. The van der Waals surface area contributed by atoms with Gasteiger partial charge in [0, 0.05) is 22.3 Å². The molecule has 2 aromatic carbocycles. The monoisotopic (exact) mass is 247 g/mol. The number of aryl methyl sites for hydroxylation is 1. The topological polar surface area (TPSA) is 35.2 Å². The fraction of sp³-hybridized carbons (Fsp3) is 0.143. The summed E-state index contributed by atoms with van der Waals surface area (Å²) >= 11 is 6.06. The smallest absolute Gasteiger partial charge is 0.124 e. The van der Waals surface area contributed by atoms with Crippen LogP contribution >= 0.6 is 11.6 Å². The number of benzene rings is 2. The minimum Gasteiger partial charge on any atom is -0.489 e. The van der Waals surface area contributed by atoms with Gasteiger partial charge in [0.2, 0.25) is 0 Å². The molecule has 2 rings (SSSR count). The Morgan fingerprint density at radius 2 is 1.94 bits per heavy atom. The first-order valence-electron chi connectivity index (χ1n) is 5.39. The van der Waals surface area contributed by atoms with E-state index in [1.54, 1.807) is 0 Å². The molecule has 0 spiro atoms. The SMILES string of the molecule is Cc1ccc(N)cc1OCc1ccccc1Cl. The molecule has 2 nitrogen and oxygen atoms in total. The summed E-state index contributed by atoms with van der Waals surface area (Å²) in [5.74, 6) is 0.796. The summed E-state index contributed by atoms with van der Waals surface area (Å²) in [4.78, 5) is 0. The molecule has 0 fully saturated rings. The average Bonchev–Trinajstić information content (AvgIpc) is 2.32. The van der Waals surface area contributed by atoms with E-state index >= 15 is 0 Å². The molecular weight excluding hydrogens is 234 g/mol. The van der Waals surface area contributed by atoms with Crippen molar-refractivity contribution < 1.29 is 4.74 Å². The van der Waals surface area contributed by atoms with Gasteiger partial charge in [-0.2, -0.15) is 0 Å². The predicted octanol–water partition coefficient (Wildman–Crippen LogP) is 3.81. The van der Waals surface area contributed by atoms with Crippen LogP contribution in [0.15, 0.2) is 42.5 Å². The molecule has 0 aromatic heterocycles. The van der Waals surface area contributed by atoms with Gasteiger partial charge in [0.1, 0.15) is 12.4 Å². The third-order valence-electron chi connectivity index (χ3n) is 2.55. The highest BCUT2D eigenvalue weighted by atomic mass is 35.5. The first kappa shape index (κ1) is 11.8. The van der Waals surface area contributed by atoms with Crippen molar-refractivity contribution in [2.45, 2.75) is 13.5 Å². The van der Waals surface area contributed by atoms with E-state index < -0.39 is 0 Å². The van der Waals surface area contributed by atoms with Gasteiger partial charge in [-0.15, -0.1) is 0 Å². The number of nitrogens with two attached hydrogens (primary N) is 1. The van der Waals surface area contributed by atoms with E-state index in [0.717, 1.165) is 16.9 Å². The Kier molecular flexibility index (Phi) is 3.55. The zero-order chi connectivity index (χ0) is 12.3. The van der Waals surface area contributed by atoms with Gasteiger partial charge in [0.25, 0.3) is 0 Å². The molecule has 0 unspecified atom stereocenters. The zero-order valence-electron chi connectivity index (χ0n) is 9.61. The minimum atomic E-state index is 0.448. The van der Waals surface area contributed by atoms with Crippen LogP contribution < -0.4 is 10.5 Å². The van der Waals surface area contributed by atoms with Gasteiger partial charge in [-0.3, -0.25) is 0 Å². The molecule has 0 heterocycles. The normalized spacial score (nSPS) is 10.2. The molecule has 88 valence electrons. The second-order valence-electron chi connectivity index (χ2n) is 3.91. The van der Waals surface area contributed by atoms with Gasteiger partial charge >= 0.3 is 0 Å². The van der Waals surface area contributed by atoms with E-state index in [4.69, 9.17) is 22.1 Å². The highest BCUT2D eigenvalue weighted by Gasteiger charge is 2.03. The van der Waals surface area contributed by atoms with Crippen LogP contribution in [0.2, 0.25) is 5.02 Å². The van der Waals surface area contributed by atoms with Gasteiger partial charge in [0.05, 0.1) is 0 Å². The predicted molar refractivity (Wildman–Crippen MR) is 71.4 cm³/mol. The van der Waals surface area contributed by atoms with Gasteiger partial charge in [-0.05, 0) is 24.6 Å². The van der Waals surface area contributed by atoms with Crippen molar-refractivity contribution in [3.05, 3.63) is 58.6 Å². The third-order valence-corrected chi connectivity index (χ3v) is 2.92. The third kappa shape index (κ3) is 2.92. The fourth-order valence-electron chi connectivity index (χ4n) is 1.54. The summed E-state index contributed by atoms with van der Waals surface area (Å²) in [7, 11) is 0. The second kappa shape index (κ2) is 5.11. The van der Waals surface area contributed by atoms with Crippen LogP contribution in [0.1, 0.15) is 11.1 Å². The van der Waals surface area contributed by atoms with Crippen molar-refractivity contribution in [3.63, 3.8) is 0 Å². The highest BCUT2D eigenvalue weighted by molar-refractivity contribution is 6.31. The number of hydrogen-bond acceptors (Lipinski definition) is 2. The molecule has 3 heteroatoms.